The number of fused-ring (bicyclic) bond motifs is 2. The molecule has 0 radical (unpaired) electrons. The Bertz CT molecular complexity index is 1210. The molecule has 0 atom stereocenters. The van der Waals surface area contributed by atoms with E-state index in [2.05, 4.69) is 15.4 Å². The lowest BCUT2D eigenvalue weighted by Gasteiger charge is -2.19. The van der Waals surface area contributed by atoms with Crippen LogP contribution < -0.4 is 14.8 Å². The number of amides is 1. The molecule has 1 aliphatic rings. The molecule has 7 nitrogen and oxygen atoms in total. The number of hydrogen-bond donors (Lipinski definition) is 1. The van der Waals surface area contributed by atoms with Crippen molar-refractivity contribution in [3.63, 3.8) is 0 Å². The minimum Gasteiger partial charge on any atom is -0.486 e. The highest BCUT2D eigenvalue weighted by atomic mass is 32.2. The van der Waals surface area contributed by atoms with E-state index in [1.807, 2.05) is 36.4 Å². The van der Waals surface area contributed by atoms with Crippen molar-refractivity contribution in [1.82, 2.24) is 14.6 Å². The van der Waals surface area contributed by atoms with Crippen molar-refractivity contribution in [3.8, 4) is 22.8 Å². The highest BCUT2D eigenvalue weighted by Crippen LogP contribution is 2.33. The number of nitrogens with one attached hydrogen (secondary N) is 1. The molecule has 4 aromatic rings. The SMILES string of the molecule is O=C(CSc1nccn2nc(-c3ccccc3)cc12)Nc1ccc2c(c1)OCCO2. The zero-order valence-electron chi connectivity index (χ0n) is 15.9. The van der Waals surface area contributed by atoms with Crippen molar-refractivity contribution in [2.45, 2.75) is 5.03 Å². The molecule has 5 rings (SSSR count). The molecular weight excluding hydrogens is 400 g/mol. The van der Waals surface area contributed by atoms with E-state index in [1.165, 1.54) is 11.8 Å². The summed E-state index contributed by atoms with van der Waals surface area (Å²) in [7, 11) is 0. The molecule has 1 aliphatic heterocycles. The van der Waals surface area contributed by atoms with Crippen molar-refractivity contribution in [2.75, 3.05) is 24.3 Å². The summed E-state index contributed by atoms with van der Waals surface area (Å²) in [5, 5.41) is 8.27. The highest BCUT2D eigenvalue weighted by molar-refractivity contribution is 8.00. The fourth-order valence-electron chi connectivity index (χ4n) is 3.21. The van der Waals surface area contributed by atoms with Crippen LogP contribution in [0.15, 0.2) is 72.0 Å². The van der Waals surface area contributed by atoms with Gasteiger partial charge in [0.15, 0.2) is 11.5 Å². The first-order valence-electron chi connectivity index (χ1n) is 9.48. The molecular formula is C22H18N4O3S. The van der Waals surface area contributed by atoms with Gasteiger partial charge in [0.1, 0.15) is 18.2 Å². The second-order valence-corrected chi connectivity index (χ2v) is 7.62. The van der Waals surface area contributed by atoms with Crippen LogP contribution in [0.3, 0.4) is 0 Å². The smallest absolute Gasteiger partial charge is 0.234 e. The Balaban J connectivity index is 1.29. The number of hydrogen-bond acceptors (Lipinski definition) is 6. The summed E-state index contributed by atoms with van der Waals surface area (Å²) in [5.74, 6) is 1.45. The molecule has 0 unspecified atom stereocenters. The van der Waals surface area contributed by atoms with Crippen molar-refractivity contribution in [3.05, 3.63) is 67.0 Å². The van der Waals surface area contributed by atoms with Crippen LogP contribution in [-0.4, -0.2) is 39.5 Å². The molecule has 0 bridgehead atoms. The quantitative estimate of drug-likeness (QED) is 0.496. The van der Waals surface area contributed by atoms with E-state index in [9.17, 15) is 4.79 Å². The minimum absolute atomic E-state index is 0.122. The van der Waals surface area contributed by atoms with E-state index in [1.54, 1.807) is 35.1 Å². The second-order valence-electron chi connectivity index (χ2n) is 6.65. The molecule has 150 valence electrons. The van der Waals surface area contributed by atoms with E-state index in [-0.39, 0.29) is 11.7 Å². The van der Waals surface area contributed by atoms with Crippen LogP contribution in [0.1, 0.15) is 0 Å². The third-order valence-corrected chi connectivity index (χ3v) is 5.58. The van der Waals surface area contributed by atoms with E-state index >= 15 is 0 Å². The first kappa shape index (κ1) is 18.5. The van der Waals surface area contributed by atoms with Gasteiger partial charge >= 0.3 is 0 Å². The maximum atomic E-state index is 12.5. The number of ether oxygens (including phenoxy) is 2. The number of aromatic nitrogens is 3. The monoisotopic (exact) mass is 418 g/mol. The van der Waals surface area contributed by atoms with Crippen molar-refractivity contribution >= 4 is 28.9 Å². The van der Waals surface area contributed by atoms with Gasteiger partial charge in [0, 0.05) is 29.7 Å². The van der Waals surface area contributed by atoms with Gasteiger partial charge in [-0.25, -0.2) is 9.50 Å². The summed E-state index contributed by atoms with van der Waals surface area (Å²) in [6.07, 6.45) is 3.50. The zero-order chi connectivity index (χ0) is 20.3. The van der Waals surface area contributed by atoms with Crippen LogP contribution in [0.4, 0.5) is 5.69 Å². The van der Waals surface area contributed by atoms with Gasteiger partial charge in [-0.3, -0.25) is 4.79 Å². The molecule has 8 heteroatoms. The molecule has 2 aromatic carbocycles. The van der Waals surface area contributed by atoms with Gasteiger partial charge in [-0.1, -0.05) is 42.1 Å². The fraction of sp³-hybridized carbons (Fsp3) is 0.136. The predicted octanol–water partition coefficient (Wildman–Crippen LogP) is 3.90. The van der Waals surface area contributed by atoms with Crippen LogP contribution in [0.25, 0.3) is 16.8 Å². The van der Waals surface area contributed by atoms with Crippen LogP contribution in [0.5, 0.6) is 11.5 Å². The van der Waals surface area contributed by atoms with Crippen molar-refractivity contribution < 1.29 is 14.3 Å². The number of thioether (sulfide) groups is 1. The largest absolute Gasteiger partial charge is 0.486 e. The molecule has 3 heterocycles. The summed E-state index contributed by atoms with van der Waals surface area (Å²) < 4.78 is 12.9. The summed E-state index contributed by atoms with van der Waals surface area (Å²) in [6.45, 7) is 1.04. The van der Waals surface area contributed by atoms with Gasteiger partial charge in [-0.15, -0.1) is 0 Å². The molecule has 0 aliphatic carbocycles. The maximum absolute atomic E-state index is 12.5. The number of rotatable bonds is 5. The number of carbonyl (C=O) groups excluding carboxylic acids is 1. The van der Waals surface area contributed by atoms with Crippen LogP contribution in [-0.2, 0) is 4.79 Å². The summed E-state index contributed by atoms with van der Waals surface area (Å²) in [6, 6.07) is 17.3. The predicted molar refractivity (Wildman–Crippen MR) is 115 cm³/mol. The molecule has 1 amide bonds. The van der Waals surface area contributed by atoms with Crippen molar-refractivity contribution in [2.24, 2.45) is 0 Å². The Kier molecular flexibility index (Phi) is 4.98. The van der Waals surface area contributed by atoms with Gasteiger partial charge in [-0.05, 0) is 18.2 Å². The Hall–Kier alpha value is -3.52. The number of nitrogens with zero attached hydrogens (tertiary/aromatic N) is 3. The zero-order valence-corrected chi connectivity index (χ0v) is 16.8. The molecule has 2 aromatic heterocycles. The van der Waals surface area contributed by atoms with E-state index < -0.39 is 0 Å². The lowest BCUT2D eigenvalue weighted by Crippen LogP contribution is -2.17. The third-order valence-electron chi connectivity index (χ3n) is 4.59. The van der Waals surface area contributed by atoms with Gasteiger partial charge in [0.25, 0.3) is 0 Å². The fourth-order valence-corrected chi connectivity index (χ4v) is 3.99. The first-order valence-corrected chi connectivity index (χ1v) is 10.5. The highest BCUT2D eigenvalue weighted by Gasteiger charge is 2.14. The first-order chi connectivity index (χ1) is 14.8. The van der Waals surface area contributed by atoms with E-state index in [0.717, 1.165) is 21.8 Å². The average molecular weight is 418 g/mol. The molecule has 0 saturated heterocycles. The van der Waals surface area contributed by atoms with Crippen LogP contribution in [0, 0.1) is 0 Å². The Morgan fingerprint density at radius 3 is 2.77 bits per heavy atom. The number of carbonyl (C=O) groups is 1. The van der Waals surface area contributed by atoms with Crippen molar-refractivity contribution in [1.29, 1.82) is 0 Å². The standard InChI is InChI=1S/C22H18N4O3S/c27-21(24-16-6-7-19-20(12-16)29-11-10-28-19)14-30-22-18-13-17(15-4-2-1-3-5-15)25-26(18)9-8-23-22/h1-9,12-13H,10-11,14H2,(H,24,27). The summed E-state index contributed by atoms with van der Waals surface area (Å²) in [5.41, 5.74) is 3.44. The lowest BCUT2D eigenvalue weighted by atomic mass is 10.1. The Morgan fingerprint density at radius 2 is 1.90 bits per heavy atom. The van der Waals surface area contributed by atoms with E-state index in [0.29, 0.717) is 30.4 Å². The third kappa shape index (κ3) is 3.81. The molecule has 0 spiro atoms. The van der Waals surface area contributed by atoms with Gasteiger partial charge < -0.3 is 14.8 Å². The number of anilines is 1. The molecule has 0 saturated carbocycles. The lowest BCUT2D eigenvalue weighted by molar-refractivity contribution is -0.113. The van der Waals surface area contributed by atoms with Gasteiger partial charge in [-0.2, -0.15) is 5.10 Å². The number of benzene rings is 2. The van der Waals surface area contributed by atoms with Crippen LogP contribution in [0.2, 0.25) is 0 Å². The topological polar surface area (TPSA) is 77.8 Å². The van der Waals surface area contributed by atoms with E-state index in [4.69, 9.17) is 9.47 Å². The normalized spacial score (nSPS) is 12.7. The molecule has 1 N–H and O–H groups in total. The molecule has 0 fully saturated rings. The Morgan fingerprint density at radius 1 is 1.07 bits per heavy atom. The average Bonchev–Trinajstić information content (AvgIpc) is 3.23. The summed E-state index contributed by atoms with van der Waals surface area (Å²) >= 11 is 1.37. The van der Waals surface area contributed by atoms with Crippen LogP contribution >= 0.6 is 11.8 Å². The summed E-state index contributed by atoms with van der Waals surface area (Å²) in [4.78, 5) is 16.9. The maximum Gasteiger partial charge on any atom is 0.234 e. The minimum atomic E-state index is -0.122. The van der Waals surface area contributed by atoms with Gasteiger partial charge in [0.05, 0.1) is 17.0 Å². The Labute approximate surface area is 177 Å². The second kappa shape index (κ2) is 8.08. The molecule has 30 heavy (non-hydrogen) atoms. The van der Waals surface area contributed by atoms with Gasteiger partial charge in [0.2, 0.25) is 5.91 Å².